The van der Waals surface area contributed by atoms with Gasteiger partial charge in [0.1, 0.15) is 0 Å². The predicted molar refractivity (Wildman–Crippen MR) is 63.2 cm³/mol. The highest BCUT2D eigenvalue weighted by atomic mass is 79.9. The fraction of sp³-hybridized carbons (Fsp3) is 0.273. The molecule has 0 N–H and O–H groups in total. The average molecular weight is 260 g/mol. The maximum atomic E-state index is 5.81. The van der Waals surface area contributed by atoms with Gasteiger partial charge in [-0.1, -0.05) is 40.2 Å². The first kappa shape index (κ1) is 10.8. The molecular formula is C11H12BrCl. The molecule has 1 unspecified atom stereocenters. The van der Waals surface area contributed by atoms with Crippen molar-refractivity contribution in [2.24, 2.45) is 0 Å². The molecule has 0 nitrogen and oxygen atoms in total. The minimum absolute atomic E-state index is 0.0770. The van der Waals surface area contributed by atoms with Gasteiger partial charge in [0.25, 0.3) is 0 Å². The summed E-state index contributed by atoms with van der Waals surface area (Å²) >= 11 is 9.31. The van der Waals surface area contributed by atoms with Crippen molar-refractivity contribution in [2.75, 3.05) is 0 Å². The second kappa shape index (κ2) is 4.83. The Balaban J connectivity index is 2.90. The molecule has 0 aliphatic rings. The largest absolute Gasteiger partial charge is 0.119 e. The highest BCUT2D eigenvalue weighted by molar-refractivity contribution is 9.10. The number of allylic oxidation sites excluding steroid dienone is 1. The fourth-order valence-corrected chi connectivity index (χ4v) is 1.70. The number of aryl methyl sites for hydroxylation is 1. The minimum atomic E-state index is 0.0770. The molecule has 1 aromatic rings. The molecule has 0 aromatic heterocycles. The summed E-state index contributed by atoms with van der Waals surface area (Å²) in [5.41, 5.74) is 2.42. The lowest BCUT2D eigenvalue weighted by molar-refractivity contribution is 1.24. The molecule has 2 heteroatoms. The Labute approximate surface area is 92.7 Å². The summed E-state index contributed by atoms with van der Waals surface area (Å²) in [7, 11) is 0. The van der Waals surface area contributed by atoms with Crippen LogP contribution in [-0.2, 0) is 0 Å². The van der Waals surface area contributed by atoms with Gasteiger partial charge >= 0.3 is 0 Å². The van der Waals surface area contributed by atoms with Crippen molar-refractivity contribution in [3.05, 3.63) is 39.9 Å². The van der Waals surface area contributed by atoms with Crippen LogP contribution in [0.2, 0.25) is 0 Å². The Hall–Kier alpha value is -0.270. The zero-order valence-corrected chi connectivity index (χ0v) is 10.1. The molecular weight excluding hydrogens is 247 g/mol. The molecule has 0 aliphatic carbocycles. The maximum absolute atomic E-state index is 5.81. The van der Waals surface area contributed by atoms with Gasteiger partial charge in [0, 0.05) is 9.85 Å². The lowest BCUT2D eigenvalue weighted by Crippen LogP contribution is -1.82. The maximum Gasteiger partial charge on any atom is 0.0491 e. The van der Waals surface area contributed by atoms with Gasteiger partial charge in [0.15, 0.2) is 0 Å². The topological polar surface area (TPSA) is 0 Å². The molecule has 0 fully saturated rings. The van der Waals surface area contributed by atoms with E-state index in [2.05, 4.69) is 41.1 Å². The number of hydrogen-bond donors (Lipinski definition) is 0. The van der Waals surface area contributed by atoms with E-state index >= 15 is 0 Å². The summed E-state index contributed by atoms with van der Waals surface area (Å²) in [4.78, 5) is 0. The van der Waals surface area contributed by atoms with Crippen LogP contribution < -0.4 is 0 Å². The smallest absolute Gasteiger partial charge is 0.0491 e. The van der Waals surface area contributed by atoms with Crippen molar-refractivity contribution in [3.8, 4) is 0 Å². The third-order valence-corrected chi connectivity index (χ3v) is 2.53. The van der Waals surface area contributed by atoms with Crippen LogP contribution >= 0.6 is 27.5 Å². The van der Waals surface area contributed by atoms with E-state index in [-0.39, 0.29) is 5.38 Å². The summed E-state index contributed by atoms with van der Waals surface area (Å²) < 4.78 is 1.11. The second-order valence-electron chi connectivity index (χ2n) is 3.06. The molecule has 0 radical (unpaired) electrons. The van der Waals surface area contributed by atoms with Crippen LogP contribution in [0.5, 0.6) is 0 Å². The third-order valence-electron chi connectivity index (χ3n) is 1.70. The molecule has 0 spiro atoms. The third kappa shape index (κ3) is 3.53. The highest BCUT2D eigenvalue weighted by Gasteiger charge is 1.96. The molecule has 0 saturated carbocycles. The fourth-order valence-electron chi connectivity index (χ4n) is 1.00. The number of halogens is 2. The number of hydrogen-bond acceptors (Lipinski definition) is 0. The van der Waals surface area contributed by atoms with E-state index in [0.717, 1.165) is 10.0 Å². The molecule has 0 heterocycles. The van der Waals surface area contributed by atoms with Gasteiger partial charge in [-0.05, 0) is 31.0 Å². The van der Waals surface area contributed by atoms with Gasteiger partial charge in [-0.25, -0.2) is 0 Å². The van der Waals surface area contributed by atoms with Crippen LogP contribution in [0, 0.1) is 6.92 Å². The van der Waals surface area contributed by atoms with Crippen LogP contribution in [-0.4, -0.2) is 5.38 Å². The summed E-state index contributed by atoms with van der Waals surface area (Å²) in [6.45, 7) is 4.02. The predicted octanol–water partition coefficient (Wildman–Crippen LogP) is 4.40. The molecule has 1 rings (SSSR count). The Morgan fingerprint density at radius 1 is 1.46 bits per heavy atom. The monoisotopic (exact) mass is 258 g/mol. The van der Waals surface area contributed by atoms with Crippen LogP contribution in [0.25, 0.3) is 6.08 Å². The molecule has 13 heavy (non-hydrogen) atoms. The summed E-state index contributed by atoms with van der Waals surface area (Å²) in [5, 5.41) is 0.0770. The van der Waals surface area contributed by atoms with E-state index in [0.29, 0.717) is 0 Å². The van der Waals surface area contributed by atoms with Gasteiger partial charge in [0.2, 0.25) is 0 Å². The number of benzene rings is 1. The van der Waals surface area contributed by atoms with Gasteiger partial charge < -0.3 is 0 Å². The standard InChI is InChI=1S/C11H12BrCl/c1-8-3-5-10(11(12)7-8)6-4-9(2)13/h3-7,9H,1-2H3/b6-4+. The van der Waals surface area contributed by atoms with E-state index in [1.807, 2.05) is 19.1 Å². The Kier molecular flexibility index (Phi) is 4.01. The zero-order chi connectivity index (χ0) is 9.84. The molecule has 0 amide bonds. The van der Waals surface area contributed by atoms with Crippen molar-refractivity contribution in [1.82, 2.24) is 0 Å². The first-order valence-electron chi connectivity index (χ1n) is 4.18. The average Bonchev–Trinajstić information content (AvgIpc) is 2.02. The Bertz CT molecular complexity index is 316. The number of rotatable bonds is 2. The molecule has 0 bridgehead atoms. The van der Waals surface area contributed by atoms with Crippen molar-refractivity contribution in [2.45, 2.75) is 19.2 Å². The lowest BCUT2D eigenvalue weighted by Gasteiger charge is -2.00. The molecule has 0 aliphatic heterocycles. The van der Waals surface area contributed by atoms with Crippen LogP contribution in [0.4, 0.5) is 0 Å². The van der Waals surface area contributed by atoms with E-state index in [4.69, 9.17) is 11.6 Å². The summed E-state index contributed by atoms with van der Waals surface area (Å²) in [6.07, 6.45) is 4.00. The van der Waals surface area contributed by atoms with Gasteiger partial charge in [-0.15, -0.1) is 11.6 Å². The molecule has 70 valence electrons. The highest BCUT2D eigenvalue weighted by Crippen LogP contribution is 2.20. The van der Waals surface area contributed by atoms with Gasteiger partial charge in [-0.3, -0.25) is 0 Å². The molecule has 1 atom stereocenters. The van der Waals surface area contributed by atoms with E-state index in [9.17, 15) is 0 Å². The minimum Gasteiger partial charge on any atom is -0.119 e. The molecule has 1 aromatic carbocycles. The summed E-state index contributed by atoms with van der Waals surface area (Å²) in [5.74, 6) is 0. The van der Waals surface area contributed by atoms with Crippen molar-refractivity contribution >= 4 is 33.6 Å². The van der Waals surface area contributed by atoms with Crippen LogP contribution in [0.1, 0.15) is 18.1 Å². The first-order valence-corrected chi connectivity index (χ1v) is 5.41. The van der Waals surface area contributed by atoms with E-state index in [1.165, 1.54) is 5.56 Å². The number of alkyl halides is 1. The van der Waals surface area contributed by atoms with Crippen molar-refractivity contribution in [3.63, 3.8) is 0 Å². The quantitative estimate of drug-likeness (QED) is 0.691. The Morgan fingerprint density at radius 2 is 2.15 bits per heavy atom. The normalized spacial score (nSPS) is 13.5. The summed E-state index contributed by atoms with van der Waals surface area (Å²) in [6, 6.07) is 6.26. The second-order valence-corrected chi connectivity index (χ2v) is 4.60. The van der Waals surface area contributed by atoms with E-state index in [1.54, 1.807) is 0 Å². The van der Waals surface area contributed by atoms with Gasteiger partial charge in [0.05, 0.1) is 0 Å². The first-order chi connectivity index (χ1) is 6.09. The van der Waals surface area contributed by atoms with Crippen molar-refractivity contribution < 1.29 is 0 Å². The lowest BCUT2D eigenvalue weighted by atomic mass is 10.1. The van der Waals surface area contributed by atoms with Crippen LogP contribution in [0.15, 0.2) is 28.7 Å². The Morgan fingerprint density at radius 3 is 2.69 bits per heavy atom. The molecule has 0 saturated heterocycles. The van der Waals surface area contributed by atoms with Crippen LogP contribution in [0.3, 0.4) is 0 Å². The zero-order valence-electron chi connectivity index (χ0n) is 7.72. The van der Waals surface area contributed by atoms with E-state index < -0.39 is 0 Å². The SMILES string of the molecule is Cc1ccc(/C=C/C(C)Cl)c(Br)c1. The van der Waals surface area contributed by atoms with Gasteiger partial charge in [-0.2, -0.15) is 0 Å². The van der Waals surface area contributed by atoms with Crippen molar-refractivity contribution in [1.29, 1.82) is 0 Å².